The predicted octanol–water partition coefficient (Wildman–Crippen LogP) is 3.13. The number of carbonyl (C=O) groups is 1. The number of halogens is 1. The molecule has 5 heteroatoms. The van der Waals surface area contributed by atoms with Crippen molar-refractivity contribution in [1.29, 1.82) is 0 Å². The number of ether oxygens (including phenoxy) is 1. The average molecular weight is 308 g/mol. The lowest BCUT2D eigenvalue weighted by molar-refractivity contribution is 0.0930. The Hall–Kier alpha value is -1.62. The molecule has 0 saturated carbocycles. The van der Waals surface area contributed by atoms with Crippen molar-refractivity contribution in [3.8, 4) is 0 Å². The van der Waals surface area contributed by atoms with Gasteiger partial charge in [0.1, 0.15) is 5.82 Å². The molecule has 1 aliphatic rings. The van der Waals surface area contributed by atoms with Gasteiger partial charge in [-0.05, 0) is 18.4 Å². The highest BCUT2D eigenvalue weighted by molar-refractivity contribution is 5.67. The van der Waals surface area contributed by atoms with Gasteiger partial charge < -0.3 is 9.64 Å². The minimum absolute atomic E-state index is 0.167. The SMILES string of the molecule is CC(C)COC(=O)N1CCCN(Cc2ccccc2F)CC1. The van der Waals surface area contributed by atoms with Gasteiger partial charge in [-0.15, -0.1) is 0 Å². The summed E-state index contributed by atoms with van der Waals surface area (Å²) in [6.07, 6.45) is 0.645. The number of benzene rings is 1. The van der Waals surface area contributed by atoms with Gasteiger partial charge >= 0.3 is 6.09 Å². The maximum atomic E-state index is 13.7. The second-order valence-electron chi connectivity index (χ2n) is 6.18. The quantitative estimate of drug-likeness (QED) is 0.857. The normalized spacial score (nSPS) is 16.6. The smallest absolute Gasteiger partial charge is 0.409 e. The van der Waals surface area contributed by atoms with E-state index in [0.29, 0.717) is 37.7 Å². The van der Waals surface area contributed by atoms with Gasteiger partial charge in [-0.1, -0.05) is 32.0 Å². The van der Waals surface area contributed by atoms with E-state index in [1.165, 1.54) is 6.07 Å². The fourth-order valence-corrected chi connectivity index (χ4v) is 2.51. The predicted molar refractivity (Wildman–Crippen MR) is 84.1 cm³/mol. The molecule has 0 atom stereocenters. The molecule has 0 spiro atoms. The van der Waals surface area contributed by atoms with E-state index in [-0.39, 0.29) is 11.9 Å². The molecule has 0 aromatic heterocycles. The lowest BCUT2D eigenvalue weighted by Gasteiger charge is -2.22. The summed E-state index contributed by atoms with van der Waals surface area (Å²) >= 11 is 0. The largest absolute Gasteiger partial charge is 0.449 e. The molecule has 22 heavy (non-hydrogen) atoms. The maximum Gasteiger partial charge on any atom is 0.409 e. The highest BCUT2D eigenvalue weighted by atomic mass is 19.1. The van der Waals surface area contributed by atoms with Crippen molar-refractivity contribution < 1.29 is 13.9 Å². The summed E-state index contributed by atoms with van der Waals surface area (Å²) in [6, 6.07) is 6.86. The molecule has 1 aromatic carbocycles. The summed E-state index contributed by atoms with van der Waals surface area (Å²) in [5.74, 6) is 0.174. The van der Waals surface area contributed by atoms with Crippen molar-refractivity contribution in [2.45, 2.75) is 26.8 Å². The maximum absolute atomic E-state index is 13.7. The second-order valence-corrected chi connectivity index (χ2v) is 6.18. The van der Waals surface area contributed by atoms with Crippen molar-refractivity contribution in [2.24, 2.45) is 5.92 Å². The minimum atomic E-state index is -0.235. The monoisotopic (exact) mass is 308 g/mol. The Morgan fingerprint density at radius 2 is 2.00 bits per heavy atom. The number of rotatable bonds is 4. The Morgan fingerprint density at radius 1 is 1.23 bits per heavy atom. The van der Waals surface area contributed by atoms with Crippen LogP contribution in [0, 0.1) is 11.7 Å². The van der Waals surface area contributed by atoms with Gasteiger partial charge in [-0.2, -0.15) is 0 Å². The first-order valence-electron chi connectivity index (χ1n) is 7.93. The van der Waals surface area contributed by atoms with E-state index in [1.54, 1.807) is 11.0 Å². The Kier molecular flexibility index (Phi) is 6.19. The van der Waals surface area contributed by atoms with Crippen LogP contribution in [0.15, 0.2) is 24.3 Å². The lowest BCUT2D eigenvalue weighted by Crippen LogP contribution is -2.36. The molecule has 0 bridgehead atoms. The summed E-state index contributed by atoms with van der Waals surface area (Å²) in [6.45, 7) is 8.01. The molecule has 1 heterocycles. The fourth-order valence-electron chi connectivity index (χ4n) is 2.51. The van der Waals surface area contributed by atoms with Crippen molar-refractivity contribution >= 4 is 6.09 Å². The van der Waals surface area contributed by atoms with Crippen LogP contribution in [-0.2, 0) is 11.3 Å². The van der Waals surface area contributed by atoms with Crippen LogP contribution in [0.5, 0.6) is 0 Å². The van der Waals surface area contributed by atoms with Gasteiger partial charge in [0, 0.05) is 38.3 Å². The molecule has 0 unspecified atom stereocenters. The van der Waals surface area contributed by atoms with Crippen LogP contribution in [-0.4, -0.2) is 48.7 Å². The molecule has 4 nitrogen and oxygen atoms in total. The zero-order valence-electron chi connectivity index (χ0n) is 13.4. The molecule has 122 valence electrons. The molecule has 1 aliphatic heterocycles. The van der Waals surface area contributed by atoms with Gasteiger partial charge in [-0.3, -0.25) is 4.90 Å². The summed E-state index contributed by atoms with van der Waals surface area (Å²) in [4.78, 5) is 15.9. The number of hydrogen-bond donors (Lipinski definition) is 0. The Morgan fingerprint density at radius 3 is 2.73 bits per heavy atom. The third kappa shape index (κ3) is 4.98. The van der Waals surface area contributed by atoms with E-state index < -0.39 is 0 Å². The van der Waals surface area contributed by atoms with Crippen LogP contribution in [0.1, 0.15) is 25.8 Å². The van der Waals surface area contributed by atoms with E-state index in [4.69, 9.17) is 4.74 Å². The Balaban J connectivity index is 1.84. The first-order chi connectivity index (χ1) is 10.6. The third-order valence-electron chi connectivity index (χ3n) is 3.74. The molecule has 1 aromatic rings. The molecule has 1 fully saturated rings. The number of hydrogen-bond acceptors (Lipinski definition) is 3. The molecular formula is C17H25FN2O2. The Bertz CT molecular complexity index is 493. The van der Waals surface area contributed by atoms with Crippen LogP contribution in [0.4, 0.5) is 9.18 Å². The van der Waals surface area contributed by atoms with Crippen LogP contribution < -0.4 is 0 Å². The summed E-state index contributed by atoms with van der Waals surface area (Å²) < 4.78 is 19.0. The van der Waals surface area contributed by atoms with Crippen LogP contribution in [0.25, 0.3) is 0 Å². The summed E-state index contributed by atoms with van der Waals surface area (Å²) in [7, 11) is 0. The van der Waals surface area contributed by atoms with Crippen LogP contribution in [0.2, 0.25) is 0 Å². The highest BCUT2D eigenvalue weighted by Crippen LogP contribution is 2.13. The number of carbonyl (C=O) groups excluding carboxylic acids is 1. The third-order valence-corrected chi connectivity index (χ3v) is 3.74. The summed E-state index contributed by atoms with van der Waals surface area (Å²) in [5, 5.41) is 0. The van der Waals surface area contributed by atoms with Gasteiger partial charge in [0.15, 0.2) is 0 Å². The standard InChI is InChI=1S/C17H25FN2O2/c1-14(2)13-22-17(21)20-9-5-8-19(10-11-20)12-15-6-3-4-7-16(15)18/h3-4,6-7,14H,5,8-13H2,1-2H3. The second kappa shape index (κ2) is 8.13. The van der Waals surface area contributed by atoms with Crippen molar-refractivity contribution in [1.82, 2.24) is 9.80 Å². The van der Waals surface area contributed by atoms with E-state index in [2.05, 4.69) is 4.90 Å². The lowest BCUT2D eigenvalue weighted by atomic mass is 10.2. The summed E-state index contributed by atoms with van der Waals surface area (Å²) in [5.41, 5.74) is 0.707. The van der Waals surface area contributed by atoms with Crippen molar-refractivity contribution in [3.05, 3.63) is 35.6 Å². The van der Waals surface area contributed by atoms with Crippen molar-refractivity contribution in [3.63, 3.8) is 0 Å². The molecule has 1 amide bonds. The fraction of sp³-hybridized carbons (Fsp3) is 0.588. The van der Waals surface area contributed by atoms with Crippen LogP contribution in [0.3, 0.4) is 0 Å². The molecule has 1 saturated heterocycles. The highest BCUT2D eigenvalue weighted by Gasteiger charge is 2.20. The number of nitrogens with zero attached hydrogens (tertiary/aromatic N) is 2. The van der Waals surface area contributed by atoms with Gasteiger partial charge in [0.25, 0.3) is 0 Å². The van der Waals surface area contributed by atoms with E-state index in [9.17, 15) is 9.18 Å². The van der Waals surface area contributed by atoms with E-state index in [0.717, 1.165) is 19.5 Å². The molecular weight excluding hydrogens is 283 g/mol. The zero-order valence-corrected chi connectivity index (χ0v) is 13.4. The van der Waals surface area contributed by atoms with Gasteiger partial charge in [-0.25, -0.2) is 9.18 Å². The average Bonchev–Trinajstić information content (AvgIpc) is 2.73. The molecule has 0 N–H and O–H groups in total. The topological polar surface area (TPSA) is 32.8 Å². The molecule has 2 rings (SSSR count). The first kappa shape index (κ1) is 16.7. The minimum Gasteiger partial charge on any atom is -0.449 e. The van der Waals surface area contributed by atoms with Gasteiger partial charge in [0.05, 0.1) is 6.61 Å². The molecule has 0 aliphatic carbocycles. The zero-order chi connectivity index (χ0) is 15.9. The molecule has 0 radical (unpaired) electrons. The van der Waals surface area contributed by atoms with E-state index in [1.807, 2.05) is 26.0 Å². The van der Waals surface area contributed by atoms with E-state index >= 15 is 0 Å². The van der Waals surface area contributed by atoms with Gasteiger partial charge in [0.2, 0.25) is 0 Å². The van der Waals surface area contributed by atoms with Crippen LogP contribution >= 0.6 is 0 Å². The number of amides is 1. The first-order valence-corrected chi connectivity index (χ1v) is 7.93. The van der Waals surface area contributed by atoms with Crippen molar-refractivity contribution in [2.75, 3.05) is 32.8 Å². The Labute approximate surface area is 131 Å².